The van der Waals surface area contributed by atoms with Crippen molar-refractivity contribution in [3.8, 4) is 0 Å². The highest BCUT2D eigenvalue weighted by molar-refractivity contribution is 5.79. The minimum Gasteiger partial charge on any atom is -0.356 e. The summed E-state index contributed by atoms with van der Waals surface area (Å²) in [5.74, 6) is 0.926. The van der Waals surface area contributed by atoms with Gasteiger partial charge in [0.25, 0.3) is 0 Å². The van der Waals surface area contributed by atoms with Gasteiger partial charge >= 0.3 is 0 Å². The Bertz CT molecular complexity index is 400. The molecule has 0 aliphatic heterocycles. The van der Waals surface area contributed by atoms with Crippen LogP contribution in [0.1, 0.15) is 39.0 Å². The summed E-state index contributed by atoms with van der Waals surface area (Å²) in [7, 11) is 1.84. The number of imidazole rings is 1. The molecule has 1 fully saturated rings. The molecule has 0 aromatic carbocycles. The third-order valence-electron chi connectivity index (χ3n) is 4.46. The molecule has 1 aliphatic carbocycles. The second-order valence-corrected chi connectivity index (χ2v) is 5.71. The Hall–Kier alpha value is -1.52. The summed E-state index contributed by atoms with van der Waals surface area (Å²) in [5, 5.41) is 6.86. The van der Waals surface area contributed by atoms with E-state index in [1.165, 1.54) is 25.7 Å². The van der Waals surface area contributed by atoms with Crippen molar-refractivity contribution in [3.63, 3.8) is 0 Å². The topological polar surface area (TPSA) is 54.2 Å². The van der Waals surface area contributed by atoms with Gasteiger partial charge in [-0.25, -0.2) is 4.98 Å². The SMILES string of the molecule is CCC1(CNC(=NC)NCCCn2ccnc2)CCC1. The van der Waals surface area contributed by atoms with Crippen LogP contribution in [0, 0.1) is 5.41 Å². The maximum Gasteiger partial charge on any atom is 0.190 e. The number of aliphatic imine (C=N–C) groups is 1. The Balaban J connectivity index is 1.62. The average molecular weight is 277 g/mol. The summed E-state index contributed by atoms with van der Waals surface area (Å²) < 4.78 is 2.10. The predicted octanol–water partition coefficient (Wildman–Crippen LogP) is 2.02. The third-order valence-corrected chi connectivity index (χ3v) is 4.46. The van der Waals surface area contributed by atoms with Crippen molar-refractivity contribution in [2.24, 2.45) is 10.4 Å². The van der Waals surface area contributed by atoms with Gasteiger partial charge in [-0.05, 0) is 31.1 Å². The Morgan fingerprint density at radius 3 is 2.80 bits per heavy atom. The number of nitrogens with zero attached hydrogens (tertiary/aromatic N) is 3. The van der Waals surface area contributed by atoms with E-state index in [1.54, 1.807) is 0 Å². The zero-order valence-corrected chi connectivity index (χ0v) is 12.7. The monoisotopic (exact) mass is 277 g/mol. The molecule has 0 atom stereocenters. The van der Waals surface area contributed by atoms with E-state index >= 15 is 0 Å². The number of hydrogen-bond acceptors (Lipinski definition) is 2. The first-order valence-corrected chi connectivity index (χ1v) is 7.68. The highest BCUT2D eigenvalue weighted by atomic mass is 15.2. The quantitative estimate of drug-likeness (QED) is 0.455. The van der Waals surface area contributed by atoms with Crippen molar-refractivity contribution in [1.29, 1.82) is 0 Å². The van der Waals surface area contributed by atoms with Crippen LogP contribution in [0.2, 0.25) is 0 Å². The molecular weight excluding hydrogens is 250 g/mol. The molecule has 1 aromatic heterocycles. The summed E-state index contributed by atoms with van der Waals surface area (Å²) in [6, 6.07) is 0. The molecular formula is C15H27N5. The molecule has 0 amide bonds. The van der Waals surface area contributed by atoms with Gasteiger partial charge < -0.3 is 15.2 Å². The van der Waals surface area contributed by atoms with E-state index in [1.807, 2.05) is 25.8 Å². The van der Waals surface area contributed by atoms with Crippen molar-refractivity contribution >= 4 is 5.96 Å². The van der Waals surface area contributed by atoms with Crippen molar-refractivity contribution in [2.75, 3.05) is 20.1 Å². The maximum absolute atomic E-state index is 4.29. The van der Waals surface area contributed by atoms with Crippen molar-refractivity contribution < 1.29 is 0 Å². The summed E-state index contributed by atoms with van der Waals surface area (Å²) in [5.41, 5.74) is 0.522. The van der Waals surface area contributed by atoms with E-state index < -0.39 is 0 Å². The van der Waals surface area contributed by atoms with Gasteiger partial charge in [0, 0.05) is 39.1 Å². The number of rotatable bonds is 7. The number of aryl methyl sites for hydroxylation is 1. The smallest absolute Gasteiger partial charge is 0.190 e. The van der Waals surface area contributed by atoms with Crippen molar-refractivity contribution in [2.45, 2.75) is 45.6 Å². The predicted molar refractivity (Wildman–Crippen MR) is 82.8 cm³/mol. The molecule has 5 heteroatoms. The van der Waals surface area contributed by atoms with E-state index in [2.05, 4.69) is 32.1 Å². The second kappa shape index (κ2) is 7.31. The summed E-state index contributed by atoms with van der Waals surface area (Å²) in [6.45, 7) is 5.26. The number of hydrogen-bond donors (Lipinski definition) is 2. The lowest BCUT2D eigenvalue weighted by Gasteiger charge is -2.41. The molecule has 1 aromatic rings. The normalized spacial score (nSPS) is 17.6. The van der Waals surface area contributed by atoms with Gasteiger partial charge in [0.1, 0.15) is 0 Å². The number of aromatic nitrogens is 2. The lowest BCUT2D eigenvalue weighted by atomic mass is 9.67. The second-order valence-electron chi connectivity index (χ2n) is 5.71. The molecule has 0 radical (unpaired) electrons. The first-order valence-electron chi connectivity index (χ1n) is 7.68. The number of nitrogens with one attached hydrogen (secondary N) is 2. The largest absolute Gasteiger partial charge is 0.356 e. The average Bonchev–Trinajstić information content (AvgIpc) is 2.93. The van der Waals surface area contributed by atoms with E-state index in [9.17, 15) is 0 Å². The molecule has 0 bridgehead atoms. The molecule has 5 nitrogen and oxygen atoms in total. The Morgan fingerprint density at radius 1 is 1.40 bits per heavy atom. The van der Waals surface area contributed by atoms with Gasteiger partial charge in [-0.3, -0.25) is 4.99 Å². The minimum absolute atomic E-state index is 0.522. The van der Waals surface area contributed by atoms with Gasteiger partial charge in [-0.1, -0.05) is 13.3 Å². The van der Waals surface area contributed by atoms with Crippen LogP contribution in [-0.2, 0) is 6.54 Å². The van der Waals surface area contributed by atoms with E-state index in [4.69, 9.17) is 0 Å². The van der Waals surface area contributed by atoms with Crippen LogP contribution in [0.15, 0.2) is 23.7 Å². The van der Waals surface area contributed by atoms with Crippen LogP contribution in [-0.4, -0.2) is 35.6 Å². The van der Waals surface area contributed by atoms with E-state index in [-0.39, 0.29) is 0 Å². The number of guanidine groups is 1. The first-order chi connectivity index (χ1) is 9.78. The zero-order valence-electron chi connectivity index (χ0n) is 12.7. The molecule has 2 N–H and O–H groups in total. The van der Waals surface area contributed by atoms with Gasteiger partial charge in [0.15, 0.2) is 5.96 Å². The van der Waals surface area contributed by atoms with Crippen LogP contribution < -0.4 is 10.6 Å². The Labute approximate surface area is 121 Å². The minimum atomic E-state index is 0.522. The zero-order chi connectivity index (χ0) is 14.3. The van der Waals surface area contributed by atoms with Gasteiger partial charge in [-0.15, -0.1) is 0 Å². The summed E-state index contributed by atoms with van der Waals surface area (Å²) in [4.78, 5) is 8.33. The molecule has 1 heterocycles. The molecule has 0 saturated heterocycles. The highest BCUT2D eigenvalue weighted by Gasteiger charge is 2.34. The lowest BCUT2D eigenvalue weighted by Crippen LogP contribution is -2.46. The van der Waals surface area contributed by atoms with Crippen LogP contribution in [0.5, 0.6) is 0 Å². The molecule has 20 heavy (non-hydrogen) atoms. The standard InChI is InChI=1S/C15H27N5/c1-3-15(6-4-7-15)12-19-14(16-2)18-8-5-10-20-11-9-17-13-20/h9,11,13H,3-8,10,12H2,1-2H3,(H2,16,18,19). The molecule has 2 rings (SSSR count). The first kappa shape index (κ1) is 14.9. The Kier molecular flexibility index (Phi) is 5.44. The van der Waals surface area contributed by atoms with Crippen molar-refractivity contribution in [3.05, 3.63) is 18.7 Å². The molecule has 112 valence electrons. The fourth-order valence-corrected chi connectivity index (χ4v) is 2.71. The molecule has 0 spiro atoms. The van der Waals surface area contributed by atoms with Crippen LogP contribution in [0.3, 0.4) is 0 Å². The molecule has 0 unspecified atom stereocenters. The Morgan fingerprint density at radius 2 is 2.25 bits per heavy atom. The fraction of sp³-hybridized carbons (Fsp3) is 0.733. The molecule has 1 aliphatic rings. The van der Waals surface area contributed by atoms with Crippen LogP contribution in [0.25, 0.3) is 0 Å². The maximum atomic E-state index is 4.29. The summed E-state index contributed by atoms with van der Waals surface area (Å²) >= 11 is 0. The van der Waals surface area contributed by atoms with E-state index in [0.29, 0.717) is 5.41 Å². The highest BCUT2D eigenvalue weighted by Crippen LogP contribution is 2.42. The van der Waals surface area contributed by atoms with Gasteiger partial charge in [-0.2, -0.15) is 0 Å². The molecule has 1 saturated carbocycles. The van der Waals surface area contributed by atoms with Crippen LogP contribution >= 0.6 is 0 Å². The lowest BCUT2D eigenvalue weighted by molar-refractivity contribution is 0.131. The van der Waals surface area contributed by atoms with E-state index in [0.717, 1.165) is 32.0 Å². The third kappa shape index (κ3) is 3.99. The van der Waals surface area contributed by atoms with Gasteiger partial charge in [0.2, 0.25) is 0 Å². The van der Waals surface area contributed by atoms with Gasteiger partial charge in [0.05, 0.1) is 6.33 Å². The van der Waals surface area contributed by atoms with Crippen LogP contribution in [0.4, 0.5) is 0 Å². The fourth-order valence-electron chi connectivity index (χ4n) is 2.71. The summed E-state index contributed by atoms with van der Waals surface area (Å²) in [6.07, 6.45) is 12.1. The van der Waals surface area contributed by atoms with Crippen molar-refractivity contribution in [1.82, 2.24) is 20.2 Å².